The second-order valence-electron chi connectivity index (χ2n) is 4.55. The van der Waals surface area contributed by atoms with Crippen LogP contribution in [0.4, 0.5) is 0 Å². The molecule has 2 aromatic heterocycles. The number of hydrogen-bond acceptors (Lipinski definition) is 4. The smallest absolute Gasteiger partial charge is 0.185 e. The summed E-state index contributed by atoms with van der Waals surface area (Å²) in [6.07, 6.45) is 1.74. The second-order valence-corrected chi connectivity index (χ2v) is 4.55. The summed E-state index contributed by atoms with van der Waals surface area (Å²) in [5, 5.41) is 11.5. The van der Waals surface area contributed by atoms with E-state index in [0.29, 0.717) is 5.92 Å². The van der Waals surface area contributed by atoms with E-state index in [9.17, 15) is 0 Å². The van der Waals surface area contributed by atoms with E-state index in [-0.39, 0.29) is 0 Å². The fourth-order valence-electron chi connectivity index (χ4n) is 1.62. The molecule has 0 unspecified atom stereocenters. The highest BCUT2D eigenvalue weighted by molar-refractivity contribution is 5.51. The van der Waals surface area contributed by atoms with E-state index in [1.807, 2.05) is 19.2 Å². The Hall–Kier alpha value is -1.62. The summed E-state index contributed by atoms with van der Waals surface area (Å²) >= 11 is 0. The molecule has 5 heteroatoms. The molecule has 0 saturated carbocycles. The Bertz CT molecular complexity index is 472. The van der Waals surface area contributed by atoms with E-state index in [1.165, 1.54) is 0 Å². The van der Waals surface area contributed by atoms with Crippen LogP contribution in [0.2, 0.25) is 0 Å². The quantitative estimate of drug-likeness (QED) is 0.857. The average Bonchev–Trinajstić information content (AvgIpc) is 2.86. The summed E-state index contributed by atoms with van der Waals surface area (Å²) in [5.41, 5.74) is 1.86. The summed E-state index contributed by atoms with van der Waals surface area (Å²) in [7, 11) is 1.88. The average molecular weight is 234 g/mol. The van der Waals surface area contributed by atoms with Crippen molar-refractivity contribution >= 4 is 0 Å². The molecule has 2 rings (SSSR count). The molecule has 0 atom stereocenters. The largest absolute Gasteiger partial charge is 0.354 e. The molecular weight excluding hydrogens is 216 g/mol. The fourth-order valence-corrected chi connectivity index (χ4v) is 1.62. The molecule has 5 nitrogen and oxygen atoms in total. The normalized spacial score (nSPS) is 11.3. The first-order valence-corrected chi connectivity index (χ1v) is 5.81. The monoisotopic (exact) mass is 234 g/mol. The predicted octanol–water partition coefficient (Wildman–Crippen LogP) is 1.82. The van der Waals surface area contributed by atoms with Gasteiger partial charge in [0.15, 0.2) is 5.76 Å². The van der Waals surface area contributed by atoms with Crippen LogP contribution in [0.15, 0.2) is 22.9 Å². The lowest BCUT2D eigenvalue weighted by Gasteiger charge is -2.04. The molecule has 0 amide bonds. The highest BCUT2D eigenvalue weighted by atomic mass is 16.5. The lowest BCUT2D eigenvalue weighted by molar-refractivity contribution is 0.415. The van der Waals surface area contributed by atoms with Crippen LogP contribution in [0.25, 0.3) is 11.5 Å². The number of hydrogen-bond donors (Lipinski definition) is 1. The van der Waals surface area contributed by atoms with Crippen molar-refractivity contribution in [2.24, 2.45) is 13.0 Å². The maximum atomic E-state index is 5.30. The molecular formula is C12H18N4O. The maximum absolute atomic E-state index is 5.30. The minimum absolute atomic E-state index is 0.637. The minimum atomic E-state index is 0.637. The summed E-state index contributed by atoms with van der Waals surface area (Å²) in [4.78, 5) is 0. The third kappa shape index (κ3) is 2.94. The fraction of sp³-hybridized carbons (Fsp3) is 0.500. The number of nitrogens with zero attached hydrogens (tertiary/aromatic N) is 3. The van der Waals surface area contributed by atoms with Crippen molar-refractivity contribution in [1.82, 2.24) is 20.3 Å². The van der Waals surface area contributed by atoms with Crippen LogP contribution in [-0.4, -0.2) is 21.5 Å². The Balaban J connectivity index is 1.99. The van der Waals surface area contributed by atoms with Gasteiger partial charge in [-0.3, -0.25) is 4.68 Å². The van der Waals surface area contributed by atoms with Gasteiger partial charge in [0.1, 0.15) is 5.69 Å². The Morgan fingerprint density at radius 1 is 1.47 bits per heavy atom. The van der Waals surface area contributed by atoms with E-state index in [2.05, 4.69) is 29.4 Å². The van der Waals surface area contributed by atoms with Gasteiger partial charge in [-0.1, -0.05) is 19.0 Å². The molecule has 2 heterocycles. The number of rotatable bonds is 5. The molecule has 0 aromatic carbocycles. The molecule has 0 bridgehead atoms. The SMILES string of the molecule is CC(C)CNCc1cc(-c2ccnn2C)on1. The topological polar surface area (TPSA) is 55.9 Å². The van der Waals surface area contributed by atoms with Gasteiger partial charge in [-0.05, 0) is 18.5 Å². The Morgan fingerprint density at radius 3 is 2.94 bits per heavy atom. The zero-order chi connectivity index (χ0) is 12.3. The zero-order valence-corrected chi connectivity index (χ0v) is 10.5. The summed E-state index contributed by atoms with van der Waals surface area (Å²) in [6.45, 7) is 6.07. The third-order valence-electron chi connectivity index (χ3n) is 2.49. The van der Waals surface area contributed by atoms with Gasteiger partial charge in [-0.2, -0.15) is 5.10 Å². The highest BCUT2D eigenvalue weighted by Gasteiger charge is 2.09. The van der Waals surface area contributed by atoms with E-state index in [4.69, 9.17) is 4.52 Å². The van der Waals surface area contributed by atoms with Gasteiger partial charge in [-0.15, -0.1) is 0 Å². The Labute approximate surface area is 101 Å². The number of aryl methyl sites for hydroxylation is 1. The summed E-state index contributed by atoms with van der Waals surface area (Å²) < 4.78 is 7.07. The standard InChI is InChI=1S/C12H18N4O/c1-9(2)7-13-8-10-6-12(17-15-10)11-4-5-14-16(11)3/h4-6,9,13H,7-8H2,1-3H3. The molecule has 0 aliphatic carbocycles. The molecule has 0 saturated heterocycles. The van der Waals surface area contributed by atoms with Crippen molar-refractivity contribution in [3.05, 3.63) is 24.0 Å². The van der Waals surface area contributed by atoms with Crippen LogP contribution in [-0.2, 0) is 13.6 Å². The predicted molar refractivity (Wildman–Crippen MR) is 65.2 cm³/mol. The van der Waals surface area contributed by atoms with Gasteiger partial charge >= 0.3 is 0 Å². The van der Waals surface area contributed by atoms with Crippen LogP contribution in [0.1, 0.15) is 19.5 Å². The van der Waals surface area contributed by atoms with Crippen LogP contribution >= 0.6 is 0 Å². The molecule has 17 heavy (non-hydrogen) atoms. The molecule has 0 aliphatic rings. The van der Waals surface area contributed by atoms with Crippen molar-refractivity contribution in [3.63, 3.8) is 0 Å². The van der Waals surface area contributed by atoms with Crippen LogP contribution in [0.5, 0.6) is 0 Å². The van der Waals surface area contributed by atoms with Crippen molar-refractivity contribution in [2.75, 3.05) is 6.54 Å². The van der Waals surface area contributed by atoms with Crippen molar-refractivity contribution in [2.45, 2.75) is 20.4 Å². The molecule has 0 fully saturated rings. The van der Waals surface area contributed by atoms with Gasteiger partial charge in [0.25, 0.3) is 0 Å². The molecule has 1 N–H and O–H groups in total. The number of aromatic nitrogens is 3. The molecule has 0 radical (unpaired) electrons. The van der Waals surface area contributed by atoms with Crippen molar-refractivity contribution in [1.29, 1.82) is 0 Å². The summed E-state index contributed by atoms with van der Waals surface area (Å²) in [6, 6.07) is 3.86. The minimum Gasteiger partial charge on any atom is -0.354 e. The molecule has 0 spiro atoms. The maximum Gasteiger partial charge on any atom is 0.185 e. The van der Waals surface area contributed by atoms with Crippen molar-refractivity contribution < 1.29 is 4.52 Å². The number of nitrogens with one attached hydrogen (secondary N) is 1. The van der Waals surface area contributed by atoms with Gasteiger partial charge in [0.2, 0.25) is 0 Å². The van der Waals surface area contributed by atoms with Gasteiger partial charge < -0.3 is 9.84 Å². The third-order valence-corrected chi connectivity index (χ3v) is 2.49. The Morgan fingerprint density at radius 2 is 2.29 bits per heavy atom. The first-order chi connectivity index (χ1) is 8.16. The van der Waals surface area contributed by atoms with Gasteiger partial charge in [-0.25, -0.2) is 0 Å². The lowest BCUT2D eigenvalue weighted by Crippen LogP contribution is -2.18. The lowest BCUT2D eigenvalue weighted by atomic mass is 10.2. The van der Waals surface area contributed by atoms with E-state index >= 15 is 0 Å². The van der Waals surface area contributed by atoms with E-state index in [0.717, 1.165) is 30.2 Å². The van der Waals surface area contributed by atoms with E-state index in [1.54, 1.807) is 10.9 Å². The van der Waals surface area contributed by atoms with Crippen LogP contribution in [0.3, 0.4) is 0 Å². The zero-order valence-electron chi connectivity index (χ0n) is 10.5. The second kappa shape index (κ2) is 5.14. The first-order valence-electron chi connectivity index (χ1n) is 5.81. The van der Waals surface area contributed by atoms with Crippen molar-refractivity contribution in [3.8, 4) is 11.5 Å². The Kier molecular flexibility index (Phi) is 3.58. The highest BCUT2D eigenvalue weighted by Crippen LogP contribution is 2.18. The van der Waals surface area contributed by atoms with Gasteiger partial charge in [0.05, 0.1) is 5.69 Å². The first kappa shape index (κ1) is 11.9. The molecule has 2 aromatic rings. The van der Waals surface area contributed by atoms with Crippen LogP contribution in [0, 0.1) is 5.92 Å². The molecule has 0 aliphatic heterocycles. The summed E-state index contributed by atoms with van der Waals surface area (Å²) in [5.74, 6) is 1.39. The van der Waals surface area contributed by atoms with E-state index < -0.39 is 0 Å². The van der Waals surface area contributed by atoms with Gasteiger partial charge in [0, 0.05) is 25.9 Å². The van der Waals surface area contributed by atoms with Crippen LogP contribution < -0.4 is 5.32 Å². The molecule has 92 valence electrons.